The summed E-state index contributed by atoms with van der Waals surface area (Å²) in [7, 11) is 0. The molecular weight excluding hydrogens is 461 g/mol. The molecular formula is C34H24BN3. The maximum Gasteiger partial charge on any atom is 0.254 e. The van der Waals surface area contributed by atoms with Crippen molar-refractivity contribution in [2.75, 3.05) is 9.80 Å². The Morgan fingerprint density at radius 1 is 0.395 bits per heavy atom. The molecule has 2 aliphatic heterocycles. The van der Waals surface area contributed by atoms with Gasteiger partial charge in [-0.05, 0) is 64.9 Å². The normalized spacial score (nSPS) is 13.1. The lowest BCUT2D eigenvalue weighted by molar-refractivity contribution is 1.04. The summed E-state index contributed by atoms with van der Waals surface area (Å²) in [4.78, 5) is 4.87. The van der Waals surface area contributed by atoms with E-state index in [1.54, 1.807) is 0 Å². The molecule has 0 unspecified atom stereocenters. The van der Waals surface area contributed by atoms with Crippen LogP contribution in [0.15, 0.2) is 146 Å². The van der Waals surface area contributed by atoms with Crippen molar-refractivity contribution in [2.24, 2.45) is 0 Å². The fourth-order valence-electron chi connectivity index (χ4n) is 6.25. The topological polar surface area (TPSA) is 11.4 Å². The van der Waals surface area contributed by atoms with Gasteiger partial charge in [0.1, 0.15) is 5.82 Å². The van der Waals surface area contributed by atoms with Crippen molar-refractivity contribution in [3.05, 3.63) is 146 Å². The molecule has 0 fully saturated rings. The van der Waals surface area contributed by atoms with Crippen molar-refractivity contribution < 1.29 is 0 Å². The molecule has 4 heteroatoms. The van der Waals surface area contributed by atoms with Gasteiger partial charge in [-0.15, -0.1) is 0 Å². The van der Waals surface area contributed by atoms with Crippen molar-refractivity contribution in [3.8, 4) is 5.69 Å². The fraction of sp³-hybridized carbons (Fsp3) is 0. The molecule has 0 N–H and O–H groups in total. The highest BCUT2D eigenvalue weighted by Gasteiger charge is 2.45. The molecule has 178 valence electrons. The second-order valence-electron chi connectivity index (χ2n) is 9.85. The van der Waals surface area contributed by atoms with Gasteiger partial charge in [-0.1, -0.05) is 91.0 Å². The second-order valence-corrected chi connectivity index (χ2v) is 9.85. The first-order valence-corrected chi connectivity index (χ1v) is 13.1. The second kappa shape index (κ2) is 8.29. The quantitative estimate of drug-likeness (QED) is 0.263. The van der Waals surface area contributed by atoms with E-state index in [1.807, 2.05) is 0 Å². The van der Waals surface area contributed by atoms with Crippen LogP contribution in [0.25, 0.3) is 5.69 Å². The van der Waals surface area contributed by atoms with Crippen LogP contribution >= 0.6 is 0 Å². The zero-order chi connectivity index (χ0) is 25.1. The maximum absolute atomic E-state index is 2.44. The minimum absolute atomic E-state index is 0.136. The molecule has 2 aliphatic rings. The van der Waals surface area contributed by atoms with Crippen molar-refractivity contribution in [1.29, 1.82) is 0 Å². The van der Waals surface area contributed by atoms with E-state index < -0.39 is 0 Å². The minimum atomic E-state index is 0.136. The molecule has 0 aliphatic carbocycles. The van der Waals surface area contributed by atoms with Crippen LogP contribution in [0, 0.1) is 0 Å². The molecule has 3 nitrogen and oxygen atoms in total. The third kappa shape index (κ3) is 2.98. The summed E-state index contributed by atoms with van der Waals surface area (Å²) in [5.74, 6) is 1.19. The number of nitrogens with zero attached hydrogens (tertiary/aromatic N) is 3. The highest BCUT2D eigenvalue weighted by atomic mass is 15.3. The minimum Gasteiger partial charge on any atom is -0.310 e. The number of fused-ring (bicyclic) bond motifs is 4. The van der Waals surface area contributed by atoms with E-state index in [9.17, 15) is 0 Å². The average Bonchev–Trinajstić information content (AvgIpc) is 3.38. The molecule has 0 bridgehead atoms. The van der Waals surface area contributed by atoms with E-state index in [0.29, 0.717) is 0 Å². The molecule has 0 radical (unpaired) electrons. The average molecular weight is 485 g/mol. The summed E-state index contributed by atoms with van der Waals surface area (Å²) in [6, 6.07) is 50.0. The van der Waals surface area contributed by atoms with Gasteiger partial charge in [0.2, 0.25) is 0 Å². The van der Waals surface area contributed by atoms with Gasteiger partial charge in [0.05, 0.1) is 5.69 Å². The number of benzene rings is 5. The van der Waals surface area contributed by atoms with Crippen molar-refractivity contribution in [3.63, 3.8) is 0 Å². The first-order valence-electron chi connectivity index (χ1n) is 13.1. The first-order chi connectivity index (χ1) is 18.9. The Morgan fingerprint density at radius 2 is 0.842 bits per heavy atom. The predicted octanol–water partition coefficient (Wildman–Crippen LogP) is 6.56. The molecule has 1 aromatic heterocycles. The smallest absolute Gasteiger partial charge is 0.254 e. The van der Waals surface area contributed by atoms with Crippen LogP contribution in [0.2, 0.25) is 0 Å². The molecule has 0 amide bonds. The Bertz CT molecular complexity index is 1770. The summed E-state index contributed by atoms with van der Waals surface area (Å²) in [5, 5.41) is 0. The third-order valence-corrected chi connectivity index (χ3v) is 7.78. The molecule has 5 aromatic carbocycles. The van der Waals surface area contributed by atoms with Crippen LogP contribution in [0.3, 0.4) is 0 Å². The van der Waals surface area contributed by atoms with Crippen LogP contribution in [-0.4, -0.2) is 11.3 Å². The van der Waals surface area contributed by atoms with E-state index in [0.717, 1.165) is 17.1 Å². The summed E-state index contributed by atoms with van der Waals surface area (Å²) < 4.78 is 2.38. The zero-order valence-electron chi connectivity index (χ0n) is 20.8. The number of hydrogen-bond donors (Lipinski definition) is 0. The highest BCUT2D eigenvalue weighted by Crippen LogP contribution is 2.45. The maximum atomic E-state index is 2.44. The van der Waals surface area contributed by atoms with Crippen LogP contribution in [0.1, 0.15) is 0 Å². The van der Waals surface area contributed by atoms with E-state index in [4.69, 9.17) is 0 Å². The number of hydrogen-bond acceptors (Lipinski definition) is 2. The Morgan fingerprint density at radius 3 is 1.42 bits per heavy atom. The Balaban J connectivity index is 1.52. The van der Waals surface area contributed by atoms with Gasteiger partial charge in [-0.2, -0.15) is 0 Å². The molecule has 38 heavy (non-hydrogen) atoms. The van der Waals surface area contributed by atoms with Crippen molar-refractivity contribution in [2.45, 2.75) is 0 Å². The number of anilines is 6. The highest BCUT2D eigenvalue weighted by molar-refractivity contribution is 7.00. The third-order valence-electron chi connectivity index (χ3n) is 7.78. The van der Waals surface area contributed by atoms with Crippen molar-refractivity contribution >= 4 is 57.4 Å². The molecule has 0 spiro atoms. The SMILES string of the molecule is c1ccc(N2c3ccccc3B3c4ccccc4N(c4ccccc4)c4c3c2cn4-c2ccccc2)cc1. The standard InChI is InChI=1S/C34H24BN3/c1-4-14-25(15-5-1)36-24-32-33-34(36)38(27-18-8-3-9-19-27)31-23-13-11-21-29(31)35(33)28-20-10-12-22-30(28)37(32)26-16-6-2-7-17-26/h1-24H. The van der Waals surface area contributed by atoms with Crippen LogP contribution in [0.5, 0.6) is 0 Å². The molecule has 6 aromatic rings. The first kappa shape index (κ1) is 21.2. The molecule has 0 saturated heterocycles. The summed E-state index contributed by atoms with van der Waals surface area (Å²) >= 11 is 0. The Labute approximate surface area is 222 Å². The molecule has 0 saturated carbocycles. The zero-order valence-corrected chi connectivity index (χ0v) is 20.8. The monoisotopic (exact) mass is 485 g/mol. The summed E-state index contributed by atoms with van der Waals surface area (Å²) in [5.41, 5.74) is 11.1. The number of para-hydroxylation sites is 5. The lowest BCUT2D eigenvalue weighted by Gasteiger charge is -2.41. The van der Waals surface area contributed by atoms with Gasteiger partial charge in [0.15, 0.2) is 0 Å². The van der Waals surface area contributed by atoms with Gasteiger partial charge in [-0.25, -0.2) is 0 Å². The van der Waals surface area contributed by atoms with E-state index in [2.05, 4.69) is 160 Å². The fourth-order valence-corrected chi connectivity index (χ4v) is 6.25. The number of aromatic nitrogens is 1. The summed E-state index contributed by atoms with van der Waals surface area (Å²) in [6.07, 6.45) is 2.33. The van der Waals surface area contributed by atoms with E-state index >= 15 is 0 Å². The van der Waals surface area contributed by atoms with Crippen LogP contribution in [0.4, 0.5) is 34.3 Å². The van der Waals surface area contributed by atoms with Gasteiger partial charge in [0.25, 0.3) is 6.71 Å². The lowest BCUT2D eigenvalue weighted by Crippen LogP contribution is -2.60. The summed E-state index contributed by atoms with van der Waals surface area (Å²) in [6.45, 7) is 0.136. The molecule has 3 heterocycles. The van der Waals surface area contributed by atoms with Gasteiger partial charge in [-0.3, -0.25) is 4.90 Å². The van der Waals surface area contributed by atoms with E-state index in [-0.39, 0.29) is 6.71 Å². The van der Waals surface area contributed by atoms with Crippen LogP contribution < -0.4 is 26.2 Å². The van der Waals surface area contributed by atoms with Gasteiger partial charge >= 0.3 is 0 Å². The van der Waals surface area contributed by atoms with Gasteiger partial charge in [0, 0.05) is 34.6 Å². The Hall–Kier alpha value is -4.96. The number of rotatable bonds is 3. The predicted molar refractivity (Wildman–Crippen MR) is 160 cm³/mol. The van der Waals surface area contributed by atoms with Gasteiger partial charge < -0.3 is 9.47 Å². The lowest BCUT2D eigenvalue weighted by atomic mass is 9.34. The van der Waals surface area contributed by atoms with E-state index in [1.165, 1.54) is 39.3 Å². The molecule has 0 atom stereocenters. The van der Waals surface area contributed by atoms with Crippen molar-refractivity contribution in [1.82, 2.24) is 4.57 Å². The van der Waals surface area contributed by atoms with Crippen LogP contribution in [-0.2, 0) is 0 Å². The molecule has 8 rings (SSSR count). The largest absolute Gasteiger partial charge is 0.310 e. The Kier molecular flexibility index (Phi) is 4.62.